The van der Waals surface area contributed by atoms with Crippen LogP contribution in [0.4, 0.5) is 10.5 Å². The molecule has 5 atom stereocenters. The van der Waals surface area contributed by atoms with Gasteiger partial charge in [0.2, 0.25) is 6.29 Å². The minimum atomic E-state index is -4.40. The van der Waals surface area contributed by atoms with Crippen molar-refractivity contribution in [2.24, 2.45) is 0 Å². The van der Waals surface area contributed by atoms with Gasteiger partial charge in [-0.05, 0) is 42.6 Å². The summed E-state index contributed by atoms with van der Waals surface area (Å²) in [6.45, 7) is -2.15. The van der Waals surface area contributed by atoms with E-state index < -0.39 is 37.5 Å². The molecule has 0 bridgehead atoms. The minimum absolute atomic E-state index is 0.246. The first kappa shape index (κ1) is 22.9. The van der Waals surface area contributed by atoms with E-state index in [2.05, 4.69) is 10.6 Å². The van der Waals surface area contributed by atoms with Gasteiger partial charge < -0.3 is 45.2 Å². The Kier molecular flexibility index (Phi) is 8.10. The first-order chi connectivity index (χ1) is 13.1. The van der Waals surface area contributed by atoms with Gasteiger partial charge >= 0.3 is 12.8 Å². The molecule has 1 aliphatic rings. The summed E-state index contributed by atoms with van der Waals surface area (Å²) in [7, 11) is 0. The molecule has 2 rings (SSSR count). The predicted octanol–water partition coefficient (Wildman–Crippen LogP) is -0.160. The summed E-state index contributed by atoms with van der Waals surface area (Å²) in [6.07, 6.45) is -7.29. The maximum atomic E-state index is 11.5. The van der Waals surface area contributed by atoms with Crippen LogP contribution >= 0.6 is 18.2 Å². The quantitative estimate of drug-likeness (QED) is 0.283. The van der Waals surface area contributed by atoms with Gasteiger partial charge in [-0.1, -0.05) is 0 Å². The first-order valence-corrected chi connectivity index (χ1v) is 11.5. The monoisotopic (exact) mass is 438 g/mol. The van der Waals surface area contributed by atoms with E-state index in [0.29, 0.717) is 12.2 Å². The number of urea groups is 1. The highest BCUT2D eigenvalue weighted by Gasteiger charge is 2.45. The highest BCUT2D eigenvalue weighted by Crippen LogP contribution is 2.51. The Labute approximate surface area is 165 Å². The summed E-state index contributed by atoms with van der Waals surface area (Å²) >= 11 is 0.254. The fraction of sp³-hybridized carbons (Fsp3) is 0.533. The van der Waals surface area contributed by atoms with Crippen LogP contribution in [-0.2, 0) is 9.30 Å². The number of hydrogen-bond donors (Lipinski definition) is 7. The van der Waals surface area contributed by atoms with Crippen molar-refractivity contribution >= 4 is 29.9 Å². The smallest absolute Gasteiger partial charge is 0.384 e. The normalized spacial score (nSPS) is 27.9. The van der Waals surface area contributed by atoms with Gasteiger partial charge in [0, 0.05) is 18.0 Å². The molecule has 0 aromatic heterocycles. The Balaban J connectivity index is 2.00. The fourth-order valence-electron chi connectivity index (χ4n) is 2.41. The van der Waals surface area contributed by atoms with Crippen molar-refractivity contribution in [3.8, 4) is 5.75 Å². The molecule has 2 amide bonds. The number of ether oxygens (including phenoxy) is 2. The summed E-state index contributed by atoms with van der Waals surface area (Å²) in [4.78, 5) is 29.3. The number of carbonyl (C=O) groups excluding carboxylic acids is 1. The Hall–Kier alpha value is -1.37. The molecule has 13 heteroatoms. The molecule has 0 spiro atoms. The molecule has 0 unspecified atom stereocenters. The number of aliphatic hydroxyl groups excluding tert-OH is 3. The SMILES string of the molecule is CCNC(=O)Nc1ccc(O[C@H]2O[C@H](CSP(=O)(O)O)[C@@H](O)[C@H](O)[C@@H]2O)cc1. The van der Waals surface area contributed by atoms with Crippen molar-refractivity contribution < 1.29 is 43.9 Å². The van der Waals surface area contributed by atoms with E-state index in [-0.39, 0.29) is 28.9 Å². The average Bonchev–Trinajstić information content (AvgIpc) is 2.62. The van der Waals surface area contributed by atoms with Crippen molar-refractivity contribution in [2.75, 3.05) is 17.6 Å². The molecular formula is C15H23N2O9PS. The predicted molar refractivity (Wildman–Crippen MR) is 101 cm³/mol. The number of benzene rings is 1. The Morgan fingerprint density at radius 1 is 1.18 bits per heavy atom. The maximum Gasteiger partial charge on any atom is 0.384 e. The summed E-state index contributed by atoms with van der Waals surface area (Å²) in [5, 5.41) is 35.2. The van der Waals surface area contributed by atoms with Gasteiger partial charge in [0.05, 0.1) is 6.10 Å². The summed E-state index contributed by atoms with van der Waals surface area (Å²) in [5.41, 5.74) is 0.495. The van der Waals surface area contributed by atoms with Gasteiger partial charge in [0.15, 0.2) is 0 Å². The van der Waals surface area contributed by atoms with E-state index in [1.165, 1.54) is 12.1 Å². The Morgan fingerprint density at radius 2 is 1.82 bits per heavy atom. The third-order valence-corrected chi connectivity index (χ3v) is 6.05. The molecule has 7 N–H and O–H groups in total. The summed E-state index contributed by atoms with van der Waals surface area (Å²) in [5.74, 6) is -0.0692. The number of amides is 2. The fourth-order valence-corrected chi connectivity index (χ4v) is 4.05. The second-order valence-corrected chi connectivity index (χ2v) is 9.70. The lowest BCUT2D eigenvalue weighted by atomic mass is 10.00. The van der Waals surface area contributed by atoms with Crippen LogP contribution in [0.5, 0.6) is 5.75 Å². The molecule has 0 saturated carbocycles. The first-order valence-electron chi connectivity index (χ1n) is 8.32. The van der Waals surface area contributed by atoms with Crippen LogP contribution in [-0.4, -0.2) is 74.1 Å². The van der Waals surface area contributed by atoms with Crippen LogP contribution in [0.15, 0.2) is 24.3 Å². The van der Waals surface area contributed by atoms with E-state index in [1.807, 2.05) is 0 Å². The van der Waals surface area contributed by atoms with Crippen LogP contribution in [0.2, 0.25) is 0 Å². The van der Waals surface area contributed by atoms with E-state index in [0.717, 1.165) is 0 Å². The molecular weight excluding hydrogens is 415 g/mol. The molecule has 0 aliphatic carbocycles. The number of rotatable bonds is 7. The number of aliphatic hydroxyl groups is 3. The van der Waals surface area contributed by atoms with E-state index in [9.17, 15) is 24.7 Å². The van der Waals surface area contributed by atoms with Crippen LogP contribution in [0, 0.1) is 0 Å². The molecule has 1 saturated heterocycles. The molecule has 1 aromatic rings. The molecule has 1 aliphatic heterocycles. The zero-order valence-corrected chi connectivity index (χ0v) is 16.5. The Morgan fingerprint density at radius 3 is 2.39 bits per heavy atom. The standard InChI is InChI=1S/C15H23N2O9PS/c1-2-16-15(21)17-8-3-5-9(6-4-8)25-14-13(20)12(19)11(18)10(26-14)7-28-27(22,23)24/h3-6,10-14,18-20H,2,7H2,1H3,(H2,16,17,21)(H2,22,23,24)/t10-,11-,12+,13+,14+/m1/s1. The third kappa shape index (κ3) is 6.61. The highest BCUT2D eigenvalue weighted by atomic mass is 32.7. The Bertz CT molecular complexity index is 701. The van der Waals surface area contributed by atoms with E-state index in [1.54, 1.807) is 19.1 Å². The van der Waals surface area contributed by atoms with Gasteiger partial charge in [-0.3, -0.25) is 0 Å². The zero-order valence-electron chi connectivity index (χ0n) is 14.8. The van der Waals surface area contributed by atoms with Crippen molar-refractivity contribution in [1.29, 1.82) is 0 Å². The number of hydrogen-bond acceptors (Lipinski definition) is 8. The molecule has 11 nitrogen and oxygen atoms in total. The lowest BCUT2D eigenvalue weighted by Gasteiger charge is -2.40. The van der Waals surface area contributed by atoms with Crippen LogP contribution in [0.25, 0.3) is 0 Å². The van der Waals surface area contributed by atoms with Gasteiger partial charge in [-0.15, -0.1) is 0 Å². The average molecular weight is 438 g/mol. The lowest BCUT2D eigenvalue weighted by Crippen LogP contribution is -2.59. The van der Waals surface area contributed by atoms with Crippen LogP contribution in [0.1, 0.15) is 6.92 Å². The van der Waals surface area contributed by atoms with Crippen LogP contribution < -0.4 is 15.4 Å². The minimum Gasteiger partial charge on any atom is -0.462 e. The van der Waals surface area contributed by atoms with E-state index in [4.69, 9.17) is 19.3 Å². The van der Waals surface area contributed by atoms with Gasteiger partial charge in [0.1, 0.15) is 24.1 Å². The van der Waals surface area contributed by atoms with Gasteiger partial charge in [0.25, 0.3) is 0 Å². The summed E-state index contributed by atoms with van der Waals surface area (Å²) < 4.78 is 21.9. The second-order valence-electron chi connectivity index (χ2n) is 5.93. The van der Waals surface area contributed by atoms with Crippen LogP contribution in [0.3, 0.4) is 0 Å². The van der Waals surface area contributed by atoms with Crippen molar-refractivity contribution in [3.05, 3.63) is 24.3 Å². The number of nitrogens with one attached hydrogen (secondary N) is 2. The lowest BCUT2D eigenvalue weighted by molar-refractivity contribution is -0.266. The highest BCUT2D eigenvalue weighted by molar-refractivity contribution is 8.54. The number of carbonyl (C=O) groups is 1. The largest absolute Gasteiger partial charge is 0.462 e. The third-order valence-electron chi connectivity index (χ3n) is 3.78. The van der Waals surface area contributed by atoms with Crippen molar-refractivity contribution in [1.82, 2.24) is 5.32 Å². The second kappa shape index (κ2) is 9.90. The molecule has 0 radical (unpaired) electrons. The van der Waals surface area contributed by atoms with Gasteiger partial charge in [-0.25, -0.2) is 9.36 Å². The topological polar surface area (TPSA) is 178 Å². The summed E-state index contributed by atoms with van der Waals surface area (Å²) in [6, 6.07) is 5.71. The molecule has 28 heavy (non-hydrogen) atoms. The van der Waals surface area contributed by atoms with Crippen molar-refractivity contribution in [3.63, 3.8) is 0 Å². The maximum absolute atomic E-state index is 11.5. The van der Waals surface area contributed by atoms with Gasteiger partial charge in [-0.2, -0.15) is 0 Å². The van der Waals surface area contributed by atoms with E-state index >= 15 is 0 Å². The molecule has 1 fully saturated rings. The number of anilines is 1. The molecule has 158 valence electrons. The molecule has 1 heterocycles. The molecule has 1 aromatic carbocycles. The van der Waals surface area contributed by atoms with Crippen molar-refractivity contribution in [2.45, 2.75) is 37.6 Å². The zero-order chi connectivity index (χ0) is 20.9.